The summed E-state index contributed by atoms with van der Waals surface area (Å²) in [4.78, 5) is 10.9. The Labute approximate surface area is 226 Å². The van der Waals surface area contributed by atoms with Crippen molar-refractivity contribution >= 4 is 21.4 Å². The van der Waals surface area contributed by atoms with Gasteiger partial charge in [0.25, 0.3) is 0 Å². The molecule has 3 heterocycles. The highest BCUT2D eigenvalue weighted by atomic mass is 32.2. The van der Waals surface area contributed by atoms with Crippen molar-refractivity contribution in [3.05, 3.63) is 72.2 Å². The van der Waals surface area contributed by atoms with Crippen molar-refractivity contribution in [3.8, 4) is 11.3 Å². The van der Waals surface area contributed by atoms with E-state index >= 15 is 0 Å². The molecule has 39 heavy (non-hydrogen) atoms. The molecule has 2 aromatic heterocycles. The van der Waals surface area contributed by atoms with E-state index in [1.807, 2.05) is 17.0 Å². The Balaban J connectivity index is 1.64. The molecule has 1 saturated carbocycles. The van der Waals surface area contributed by atoms with Crippen LogP contribution in [0.4, 0.5) is 24.5 Å². The van der Waals surface area contributed by atoms with E-state index in [0.717, 1.165) is 32.1 Å². The van der Waals surface area contributed by atoms with Gasteiger partial charge in [-0.05, 0) is 49.1 Å². The van der Waals surface area contributed by atoms with Crippen LogP contribution in [0.5, 0.6) is 0 Å². The Morgan fingerprint density at radius 2 is 1.77 bits per heavy atom. The van der Waals surface area contributed by atoms with Crippen molar-refractivity contribution < 1.29 is 21.6 Å². The summed E-state index contributed by atoms with van der Waals surface area (Å²) in [6.45, 7) is -0.420. The number of alkyl halides is 3. The Morgan fingerprint density at radius 3 is 2.46 bits per heavy atom. The molecule has 3 aromatic rings. The van der Waals surface area contributed by atoms with Crippen LogP contribution in [0.1, 0.15) is 49.8 Å². The minimum Gasteiger partial charge on any atom is -0.399 e. The summed E-state index contributed by atoms with van der Waals surface area (Å²) in [5.74, 6) is 0.493. The smallest absolute Gasteiger partial charge is 0.399 e. The largest absolute Gasteiger partial charge is 0.511 e. The van der Waals surface area contributed by atoms with Gasteiger partial charge in [-0.3, -0.25) is 9.97 Å². The lowest BCUT2D eigenvalue weighted by molar-refractivity contribution is -0.0492. The van der Waals surface area contributed by atoms with E-state index in [0.29, 0.717) is 50.5 Å². The van der Waals surface area contributed by atoms with Crippen LogP contribution in [0.15, 0.2) is 60.9 Å². The number of benzene rings is 1. The van der Waals surface area contributed by atoms with E-state index < -0.39 is 28.1 Å². The number of hydrogen-bond donors (Lipinski definition) is 1. The van der Waals surface area contributed by atoms with Gasteiger partial charge in [0.05, 0.1) is 17.9 Å². The first-order valence-corrected chi connectivity index (χ1v) is 14.6. The van der Waals surface area contributed by atoms with E-state index in [-0.39, 0.29) is 13.1 Å². The summed E-state index contributed by atoms with van der Waals surface area (Å²) >= 11 is 0. The molecule has 208 valence electrons. The van der Waals surface area contributed by atoms with Crippen molar-refractivity contribution in [1.82, 2.24) is 14.3 Å². The minimum atomic E-state index is -5.59. The summed E-state index contributed by atoms with van der Waals surface area (Å²) in [6.07, 6.45) is 9.07. The molecule has 11 heteroatoms. The predicted octanol–water partition coefficient (Wildman–Crippen LogP) is 5.74. The van der Waals surface area contributed by atoms with E-state index in [4.69, 9.17) is 5.73 Å². The molecule has 0 spiro atoms. The second-order valence-electron chi connectivity index (χ2n) is 10.4. The fraction of sp³-hybridized carbons (Fsp3) is 0.429. The number of rotatable bonds is 7. The quantitative estimate of drug-likeness (QED) is 0.397. The molecule has 2 N–H and O–H groups in total. The van der Waals surface area contributed by atoms with E-state index in [9.17, 15) is 21.6 Å². The van der Waals surface area contributed by atoms with Gasteiger partial charge in [0.15, 0.2) is 0 Å². The van der Waals surface area contributed by atoms with Gasteiger partial charge in [-0.2, -0.15) is 17.5 Å². The van der Waals surface area contributed by atoms with Gasteiger partial charge in [0.1, 0.15) is 0 Å². The molecule has 1 aliphatic heterocycles. The molecule has 1 aromatic carbocycles. The van der Waals surface area contributed by atoms with Crippen molar-refractivity contribution in [2.24, 2.45) is 5.92 Å². The zero-order valence-electron chi connectivity index (χ0n) is 21.5. The maximum atomic E-state index is 13.9. The van der Waals surface area contributed by atoms with Gasteiger partial charge in [-0.25, -0.2) is 8.42 Å². The molecule has 1 atom stereocenters. The number of aromatic nitrogens is 2. The molecule has 1 aliphatic carbocycles. The number of sulfonamides is 1. The molecule has 2 aliphatic rings. The first-order chi connectivity index (χ1) is 18.6. The number of hydrogen-bond acceptors (Lipinski definition) is 6. The minimum absolute atomic E-state index is 0.277. The number of pyridine rings is 2. The fourth-order valence-corrected chi connectivity index (χ4v) is 6.78. The third-order valence-electron chi connectivity index (χ3n) is 7.78. The first-order valence-electron chi connectivity index (χ1n) is 13.2. The second-order valence-corrected chi connectivity index (χ2v) is 12.3. The zero-order chi connectivity index (χ0) is 27.6. The lowest BCUT2D eigenvalue weighted by atomic mass is 9.96. The van der Waals surface area contributed by atoms with Crippen molar-refractivity contribution in [3.63, 3.8) is 0 Å². The number of halogens is 3. The number of nitrogens with two attached hydrogens (primary N) is 1. The summed E-state index contributed by atoms with van der Waals surface area (Å²) in [6, 6.07) is 13.7. The average Bonchev–Trinajstić information content (AvgIpc) is 3.37. The molecule has 5 rings (SSSR count). The predicted molar refractivity (Wildman–Crippen MR) is 145 cm³/mol. The maximum absolute atomic E-state index is 13.9. The lowest BCUT2D eigenvalue weighted by Gasteiger charge is -2.35. The van der Waals surface area contributed by atoms with Crippen LogP contribution in [0.2, 0.25) is 0 Å². The molecule has 1 fully saturated rings. The molecule has 0 unspecified atom stereocenters. The van der Waals surface area contributed by atoms with E-state index in [1.165, 1.54) is 0 Å². The van der Waals surface area contributed by atoms with Crippen LogP contribution in [-0.4, -0.2) is 40.8 Å². The molecule has 0 saturated heterocycles. The first kappa shape index (κ1) is 27.4. The van der Waals surface area contributed by atoms with Gasteiger partial charge in [0, 0.05) is 54.0 Å². The van der Waals surface area contributed by atoms with Crippen LogP contribution in [0.3, 0.4) is 0 Å². The van der Waals surface area contributed by atoms with Gasteiger partial charge in [0.2, 0.25) is 0 Å². The summed E-state index contributed by atoms with van der Waals surface area (Å²) in [5, 5.41) is 0. The number of fused-ring (bicyclic) bond motifs is 1. The summed E-state index contributed by atoms with van der Waals surface area (Å²) < 4.78 is 68.1. The summed E-state index contributed by atoms with van der Waals surface area (Å²) in [5.41, 5.74) is 4.10. The maximum Gasteiger partial charge on any atom is 0.511 e. The number of anilines is 2. The Bertz CT molecular complexity index is 1400. The normalized spacial score (nSPS) is 19.2. The SMILES string of the molecule is Nc1ccnc(CN2c3cccc(-c4ccccn4)c3CN(S(=O)(=O)C(F)(F)F)C[C@H]2CCC2CCCC2)c1. The van der Waals surface area contributed by atoms with Crippen LogP contribution >= 0.6 is 0 Å². The van der Waals surface area contributed by atoms with Gasteiger partial charge in [-0.1, -0.05) is 43.9 Å². The molecule has 0 amide bonds. The zero-order valence-corrected chi connectivity index (χ0v) is 22.3. The molecule has 0 radical (unpaired) electrons. The molecular formula is C28H32F3N5O2S. The molecular weight excluding hydrogens is 527 g/mol. The molecule has 7 nitrogen and oxygen atoms in total. The second kappa shape index (κ2) is 11.1. The van der Waals surface area contributed by atoms with Crippen LogP contribution in [0.25, 0.3) is 11.3 Å². The lowest BCUT2D eigenvalue weighted by Crippen LogP contribution is -2.47. The van der Waals surface area contributed by atoms with Gasteiger partial charge >= 0.3 is 15.5 Å². The van der Waals surface area contributed by atoms with Crippen LogP contribution in [0, 0.1) is 5.92 Å². The summed E-state index contributed by atoms with van der Waals surface area (Å²) in [7, 11) is -5.59. The topological polar surface area (TPSA) is 92.4 Å². The van der Waals surface area contributed by atoms with Gasteiger partial charge < -0.3 is 10.6 Å². The van der Waals surface area contributed by atoms with Crippen molar-refractivity contribution in [1.29, 1.82) is 0 Å². The van der Waals surface area contributed by atoms with Gasteiger partial charge in [-0.15, -0.1) is 0 Å². The molecule has 0 bridgehead atoms. The number of nitrogens with zero attached hydrogens (tertiary/aromatic N) is 4. The highest BCUT2D eigenvalue weighted by Gasteiger charge is 2.51. The standard InChI is InChI=1S/C28H32F3N5O2S/c29-28(30,31)39(37,38)35-18-23(12-11-20-6-1-2-7-20)36(17-22-16-21(32)13-15-33-22)27-10-5-8-24(25(27)19-35)26-9-3-4-14-34-26/h3-5,8-10,13-16,20,23H,1-2,6-7,11-12,17-19H2,(H2,32,33)/t23-/m1/s1. The Hall–Kier alpha value is -3.18. The van der Waals surface area contributed by atoms with E-state index in [1.54, 1.807) is 48.8 Å². The van der Waals surface area contributed by atoms with Crippen molar-refractivity contribution in [2.75, 3.05) is 17.2 Å². The van der Waals surface area contributed by atoms with E-state index in [2.05, 4.69) is 9.97 Å². The Kier molecular flexibility index (Phi) is 7.82. The highest BCUT2D eigenvalue weighted by Crippen LogP contribution is 2.40. The van der Waals surface area contributed by atoms with Crippen LogP contribution < -0.4 is 10.6 Å². The average molecular weight is 560 g/mol. The van der Waals surface area contributed by atoms with Crippen molar-refractivity contribution in [2.45, 2.75) is 63.2 Å². The third-order valence-corrected chi connectivity index (χ3v) is 9.32. The third kappa shape index (κ3) is 5.89. The highest BCUT2D eigenvalue weighted by molar-refractivity contribution is 7.89. The monoisotopic (exact) mass is 559 g/mol. The fourth-order valence-electron chi connectivity index (χ4n) is 5.82. The number of nitrogen functional groups attached to an aromatic ring is 1. The van der Waals surface area contributed by atoms with Crippen LogP contribution in [-0.2, 0) is 23.1 Å². The Morgan fingerprint density at radius 1 is 0.974 bits per heavy atom.